The molecule has 0 aliphatic rings. The first-order valence-corrected chi connectivity index (χ1v) is 8.65. The first kappa shape index (κ1) is 18.9. The minimum atomic E-state index is -4.74. The number of hydrogen-bond donors (Lipinski definition) is 1. The van der Waals surface area contributed by atoms with E-state index in [9.17, 15) is 18.0 Å². The summed E-state index contributed by atoms with van der Waals surface area (Å²) in [7, 11) is 0. The summed E-state index contributed by atoms with van der Waals surface area (Å²) in [4.78, 5) is 20.6. The molecule has 0 unspecified atom stereocenters. The lowest BCUT2D eigenvalue weighted by Crippen LogP contribution is -2.15. The predicted octanol–water partition coefficient (Wildman–Crippen LogP) is 4.72. The quantitative estimate of drug-likeness (QED) is 0.523. The summed E-state index contributed by atoms with van der Waals surface area (Å²) in [6.07, 6.45) is -1.84. The van der Waals surface area contributed by atoms with Crippen LogP contribution in [0, 0.1) is 0 Å². The minimum absolute atomic E-state index is 0.0615. The number of aromatic nitrogens is 4. The van der Waals surface area contributed by atoms with Crippen molar-refractivity contribution in [3.63, 3.8) is 0 Å². The second kappa shape index (κ2) is 7.17. The van der Waals surface area contributed by atoms with Crippen LogP contribution >= 0.6 is 11.6 Å². The fourth-order valence-electron chi connectivity index (χ4n) is 2.72. The molecule has 4 aromatic rings. The zero-order valence-corrected chi connectivity index (χ0v) is 15.2. The van der Waals surface area contributed by atoms with Crippen molar-refractivity contribution in [2.24, 2.45) is 0 Å². The molecule has 1 amide bonds. The van der Waals surface area contributed by atoms with Gasteiger partial charge in [0.15, 0.2) is 17.0 Å². The Kier molecular flexibility index (Phi) is 4.67. The number of nitrogens with zero attached hydrogens (tertiary/aromatic N) is 4. The number of carbonyl (C=O) groups excluding carboxylic acids is 1. The lowest BCUT2D eigenvalue weighted by molar-refractivity contribution is -0.142. The minimum Gasteiger partial charge on any atom is -0.319 e. The van der Waals surface area contributed by atoms with Gasteiger partial charge < -0.3 is 5.32 Å². The monoisotopic (exact) mass is 417 g/mol. The van der Waals surface area contributed by atoms with E-state index in [-0.39, 0.29) is 22.1 Å². The maximum absolute atomic E-state index is 13.7. The van der Waals surface area contributed by atoms with Crippen LogP contribution in [0.3, 0.4) is 0 Å². The van der Waals surface area contributed by atoms with E-state index >= 15 is 0 Å². The van der Waals surface area contributed by atoms with Gasteiger partial charge in [-0.3, -0.25) is 9.78 Å². The lowest BCUT2D eigenvalue weighted by Gasteiger charge is -2.11. The standard InChI is InChI=1S/C19H11ClF3N5O/c20-15-16(18(29)25-12-7-4-8-24-10-12)27-28-14(19(21,22)23)9-13(26-17(15)28)11-5-2-1-3-6-11/h1-10H,(H,25,29). The van der Waals surface area contributed by atoms with E-state index in [1.807, 2.05) is 0 Å². The van der Waals surface area contributed by atoms with Gasteiger partial charge >= 0.3 is 6.18 Å². The van der Waals surface area contributed by atoms with Crippen LogP contribution in [0.2, 0.25) is 5.02 Å². The largest absolute Gasteiger partial charge is 0.433 e. The summed E-state index contributed by atoms with van der Waals surface area (Å²) in [5, 5.41) is 5.99. The average Bonchev–Trinajstić information content (AvgIpc) is 3.05. The van der Waals surface area contributed by atoms with Gasteiger partial charge in [-0.2, -0.15) is 18.3 Å². The number of carbonyl (C=O) groups is 1. The summed E-state index contributed by atoms with van der Waals surface area (Å²) in [6, 6.07) is 12.4. The fraction of sp³-hybridized carbons (Fsp3) is 0.0526. The van der Waals surface area contributed by atoms with E-state index in [1.165, 1.54) is 12.4 Å². The third-order valence-electron chi connectivity index (χ3n) is 4.03. The number of benzene rings is 1. The van der Waals surface area contributed by atoms with Crippen LogP contribution in [0.25, 0.3) is 16.9 Å². The molecule has 4 rings (SSSR count). The van der Waals surface area contributed by atoms with Gasteiger partial charge in [0.1, 0.15) is 5.02 Å². The number of rotatable bonds is 3. The summed E-state index contributed by atoms with van der Waals surface area (Å²) < 4.78 is 41.5. The third kappa shape index (κ3) is 3.64. The highest BCUT2D eigenvalue weighted by atomic mass is 35.5. The van der Waals surface area contributed by atoms with E-state index in [0.717, 1.165) is 6.07 Å². The van der Waals surface area contributed by atoms with Crippen LogP contribution in [-0.4, -0.2) is 25.5 Å². The van der Waals surface area contributed by atoms with Gasteiger partial charge in [0, 0.05) is 11.8 Å². The molecule has 0 saturated carbocycles. The van der Waals surface area contributed by atoms with Gasteiger partial charge in [0.2, 0.25) is 0 Å². The highest BCUT2D eigenvalue weighted by Crippen LogP contribution is 2.34. The normalized spacial score (nSPS) is 11.6. The number of nitrogens with one attached hydrogen (secondary N) is 1. The Bertz CT molecular complexity index is 1190. The highest BCUT2D eigenvalue weighted by molar-refractivity contribution is 6.37. The van der Waals surface area contributed by atoms with Gasteiger partial charge in [-0.25, -0.2) is 9.50 Å². The molecule has 0 spiro atoms. The second-order valence-electron chi connectivity index (χ2n) is 5.98. The molecule has 0 saturated heterocycles. The van der Waals surface area contributed by atoms with Crippen molar-refractivity contribution in [2.75, 3.05) is 5.32 Å². The van der Waals surface area contributed by atoms with Crippen LogP contribution in [-0.2, 0) is 6.18 Å². The summed E-state index contributed by atoms with van der Waals surface area (Å²) >= 11 is 6.21. The molecule has 10 heteroatoms. The van der Waals surface area contributed by atoms with Gasteiger partial charge in [-0.05, 0) is 18.2 Å². The van der Waals surface area contributed by atoms with Crippen molar-refractivity contribution in [1.82, 2.24) is 19.6 Å². The smallest absolute Gasteiger partial charge is 0.319 e. The van der Waals surface area contributed by atoms with Crippen molar-refractivity contribution in [1.29, 1.82) is 0 Å². The highest BCUT2D eigenvalue weighted by Gasteiger charge is 2.36. The van der Waals surface area contributed by atoms with Crippen molar-refractivity contribution in [2.45, 2.75) is 6.18 Å². The van der Waals surface area contributed by atoms with Gasteiger partial charge in [0.25, 0.3) is 5.91 Å². The van der Waals surface area contributed by atoms with Crippen molar-refractivity contribution in [3.05, 3.63) is 77.3 Å². The Morgan fingerprint density at radius 2 is 1.86 bits per heavy atom. The molecule has 1 N–H and O–H groups in total. The zero-order valence-electron chi connectivity index (χ0n) is 14.5. The van der Waals surface area contributed by atoms with Gasteiger partial charge in [-0.15, -0.1) is 0 Å². The molecule has 0 aliphatic heterocycles. The Hall–Kier alpha value is -3.46. The van der Waals surface area contributed by atoms with E-state index in [4.69, 9.17) is 11.6 Å². The summed E-state index contributed by atoms with van der Waals surface area (Å²) in [5.74, 6) is -0.775. The molecule has 0 atom stereocenters. The van der Waals surface area contributed by atoms with Crippen LogP contribution in [0.4, 0.5) is 18.9 Å². The van der Waals surface area contributed by atoms with Crippen LogP contribution < -0.4 is 5.32 Å². The van der Waals surface area contributed by atoms with Crippen molar-refractivity contribution in [3.8, 4) is 11.3 Å². The van der Waals surface area contributed by atoms with E-state index in [1.54, 1.807) is 42.5 Å². The molecule has 3 aromatic heterocycles. The molecule has 29 heavy (non-hydrogen) atoms. The Balaban J connectivity index is 1.87. The number of pyridine rings is 1. The Labute approximate surface area is 167 Å². The van der Waals surface area contributed by atoms with Gasteiger partial charge in [0.05, 0.1) is 17.6 Å². The molecule has 0 aliphatic carbocycles. The maximum Gasteiger partial charge on any atom is 0.433 e. The molecule has 3 heterocycles. The van der Waals surface area contributed by atoms with Crippen LogP contribution in [0.15, 0.2) is 60.9 Å². The zero-order chi connectivity index (χ0) is 20.6. The number of alkyl halides is 3. The van der Waals surface area contributed by atoms with Crippen molar-refractivity contribution >= 4 is 28.8 Å². The molecular formula is C19H11ClF3N5O. The maximum atomic E-state index is 13.7. The van der Waals surface area contributed by atoms with Crippen LogP contribution in [0.5, 0.6) is 0 Å². The first-order chi connectivity index (χ1) is 13.8. The molecule has 1 aromatic carbocycles. The topological polar surface area (TPSA) is 72.2 Å². The molecule has 0 fully saturated rings. The molecule has 6 nitrogen and oxygen atoms in total. The summed E-state index contributed by atoms with van der Waals surface area (Å²) in [5.41, 5.74) is -0.857. The first-order valence-electron chi connectivity index (χ1n) is 8.28. The fourth-order valence-corrected chi connectivity index (χ4v) is 2.97. The number of halogens is 4. The number of amides is 1. The Morgan fingerprint density at radius 3 is 2.52 bits per heavy atom. The SMILES string of the molecule is O=C(Nc1cccnc1)c1nn2c(C(F)(F)F)cc(-c3ccccc3)nc2c1Cl. The van der Waals surface area contributed by atoms with E-state index in [0.29, 0.717) is 15.8 Å². The second-order valence-corrected chi connectivity index (χ2v) is 6.36. The van der Waals surface area contributed by atoms with E-state index in [2.05, 4.69) is 20.4 Å². The number of fused-ring (bicyclic) bond motifs is 1. The number of hydrogen-bond acceptors (Lipinski definition) is 4. The number of anilines is 1. The molecule has 146 valence electrons. The average molecular weight is 418 g/mol. The van der Waals surface area contributed by atoms with Crippen molar-refractivity contribution < 1.29 is 18.0 Å². The molecule has 0 radical (unpaired) electrons. The third-order valence-corrected chi connectivity index (χ3v) is 4.38. The van der Waals surface area contributed by atoms with E-state index < -0.39 is 17.8 Å². The summed E-state index contributed by atoms with van der Waals surface area (Å²) in [6.45, 7) is 0. The molecular weight excluding hydrogens is 407 g/mol. The van der Waals surface area contributed by atoms with Gasteiger partial charge in [-0.1, -0.05) is 41.9 Å². The molecule has 0 bridgehead atoms. The Morgan fingerprint density at radius 1 is 1.10 bits per heavy atom. The van der Waals surface area contributed by atoms with Crippen LogP contribution in [0.1, 0.15) is 16.2 Å². The predicted molar refractivity (Wildman–Crippen MR) is 101 cm³/mol. The lowest BCUT2D eigenvalue weighted by atomic mass is 10.1.